The number of nitrogens with zero attached hydrogens (tertiary/aromatic N) is 3. The van der Waals surface area contributed by atoms with E-state index in [1.807, 2.05) is 29.7 Å². The first-order chi connectivity index (χ1) is 14.1. The third-order valence-electron chi connectivity index (χ3n) is 4.46. The van der Waals surface area contributed by atoms with Gasteiger partial charge in [0.15, 0.2) is 10.9 Å². The first kappa shape index (κ1) is 20.8. The molecule has 29 heavy (non-hydrogen) atoms. The minimum absolute atomic E-state index is 0.0126. The maximum atomic E-state index is 12.5. The Morgan fingerprint density at radius 3 is 2.38 bits per heavy atom. The van der Waals surface area contributed by atoms with Crippen molar-refractivity contribution in [3.8, 4) is 0 Å². The highest BCUT2D eigenvalue weighted by atomic mass is 32.2. The zero-order chi connectivity index (χ0) is 20.6. The van der Waals surface area contributed by atoms with Gasteiger partial charge in [-0.1, -0.05) is 49.0 Å². The van der Waals surface area contributed by atoms with Gasteiger partial charge in [0, 0.05) is 30.6 Å². The lowest BCUT2D eigenvalue weighted by molar-refractivity contribution is -0.115. The quantitative estimate of drug-likeness (QED) is 0.424. The summed E-state index contributed by atoms with van der Waals surface area (Å²) >= 11 is 1.39. The van der Waals surface area contributed by atoms with Gasteiger partial charge >= 0.3 is 0 Å². The van der Waals surface area contributed by atoms with Crippen LogP contribution in [0.25, 0.3) is 0 Å². The van der Waals surface area contributed by atoms with Crippen LogP contribution in [-0.4, -0.2) is 32.2 Å². The van der Waals surface area contributed by atoms with Crippen molar-refractivity contribution in [2.75, 3.05) is 11.1 Å². The van der Waals surface area contributed by atoms with Gasteiger partial charge in [-0.15, -0.1) is 10.2 Å². The number of amides is 1. The first-order valence-electron chi connectivity index (χ1n) is 9.62. The highest BCUT2D eigenvalue weighted by Gasteiger charge is 2.14. The Morgan fingerprint density at radius 2 is 1.72 bits per heavy atom. The number of benzene rings is 2. The van der Waals surface area contributed by atoms with Crippen molar-refractivity contribution >= 4 is 29.1 Å². The number of nitrogens with one attached hydrogen (secondary N) is 1. The van der Waals surface area contributed by atoms with E-state index in [4.69, 9.17) is 0 Å². The van der Waals surface area contributed by atoms with E-state index in [2.05, 4.69) is 27.6 Å². The van der Waals surface area contributed by atoms with Gasteiger partial charge in [-0.05, 0) is 36.8 Å². The Kier molecular flexibility index (Phi) is 7.19. The summed E-state index contributed by atoms with van der Waals surface area (Å²) in [5, 5.41) is 12.1. The van der Waals surface area contributed by atoms with Crippen LogP contribution in [0.2, 0.25) is 0 Å². The lowest BCUT2D eigenvalue weighted by Gasteiger charge is -2.08. The van der Waals surface area contributed by atoms with Crippen LogP contribution in [0, 0.1) is 0 Å². The summed E-state index contributed by atoms with van der Waals surface area (Å²) in [6, 6.07) is 17.1. The van der Waals surface area contributed by atoms with Crippen LogP contribution >= 0.6 is 11.8 Å². The molecular formula is C22H24N4O2S. The number of aromatic nitrogens is 3. The van der Waals surface area contributed by atoms with Gasteiger partial charge < -0.3 is 9.88 Å². The highest BCUT2D eigenvalue weighted by molar-refractivity contribution is 7.99. The Balaban J connectivity index is 1.62. The Hall–Kier alpha value is -2.93. The molecule has 0 spiro atoms. The topological polar surface area (TPSA) is 76.9 Å². The third-order valence-corrected chi connectivity index (χ3v) is 5.43. The van der Waals surface area contributed by atoms with Gasteiger partial charge in [0.2, 0.25) is 5.91 Å². The monoisotopic (exact) mass is 408 g/mol. The summed E-state index contributed by atoms with van der Waals surface area (Å²) < 4.78 is 2.05. The Labute approximate surface area is 174 Å². The SMILES string of the molecule is CCC(=O)Nc1ccc(C(=O)CSc2nnc(Cc3ccccc3)n2CC)cc1. The Morgan fingerprint density at radius 1 is 1.00 bits per heavy atom. The summed E-state index contributed by atoms with van der Waals surface area (Å²) in [4.78, 5) is 24.0. The molecule has 6 nitrogen and oxygen atoms in total. The lowest BCUT2D eigenvalue weighted by atomic mass is 10.1. The van der Waals surface area contributed by atoms with E-state index < -0.39 is 0 Å². The summed E-state index contributed by atoms with van der Waals surface area (Å²) in [7, 11) is 0. The van der Waals surface area contributed by atoms with Crippen molar-refractivity contribution in [2.45, 2.75) is 38.4 Å². The number of thioether (sulfide) groups is 1. The summed E-state index contributed by atoms with van der Waals surface area (Å²) in [6.45, 7) is 4.59. The molecule has 0 fully saturated rings. The highest BCUT2D eigenvalue weighted by Crippen LogP contribution is 2.21. The molecule has 1 N–H and O–H groups in total. The van der Waals surface area contributed by atoms with Crippen LogP contribution < -0.4 is 5.32 Å². The fourth-order valence-corrected chi connectivity index (χ4v) is 3.77. The number of hydrogen-bond acceptors (Lipinski definition) is 5. The molecule has 1 heterocycles. The van der Waals surface area contributed by atoms with E-state index in [1.165, 1.54) is 17.3 Å². The van der Waals surface area contributed by atoms with Crippen LogP contribution in [0.5, 0.6) is 0 Å². The molecule has 0 saturated heterocycles. The average Bonchev–Trinajstić information content (AvgIpc) is 3.14. The zero-order valence-corrected chi connectivity index (χ0v) is 17.4. The van der Waals surface area contributed by atoms with Gasteiger partial charge in [-0.2, -0.15) is 0 Å². The van der Waals surface area contributed by atoms with Crippen LogP contribution in [-0.2, 0) is 17.8 Å². The van der Waals surface area contributed by atoms with Crippen LogP contribution in [0.3, 0.4) is 0 Å². The average molecular weight is 409 g/mol. The minimum atomic E-state index is -0.0511. The number of anilines is 1. The van der Waals surface area contributed by atoms with Crippen molar-refractivity contribution in [2.24, 2.45) is 0 Å². The van der Waals surface area contributed by atoms with Gasteiger partial charge in [0.05, 0.1) is 5.75 Å². The molecule has 150 valence electrons. The fraction of sp³-hybridized carbons (Fsp3) is 0.273. The molecule has 0 aliphatic carbocycles. The largest absolute Gasteiger partial charge is 0.326 e. The maximum absolute atomic E-state index is 12.5. The summed E-state index contributed by atoms with van der Waals surface area (Å²) in [5.74, 6) is 1.14. The predicted molar refractivity (Wildman–Crippen MR) is 115 cm³/mol. The molecule has 0 aliphatic rings. The van der Waals surface area contributed by atoms with E-state index in [0.717, 1.165) is 17.5 Å². The van der Waals surface area contributed by atoms with E-state index in [-0.39, 0.29) is 17.4 Å². The second kappa shape index (κ2) is 10.0. The van der Waals surface area contributed by atoms with Gasteiger partial charge in [-0.3, -0.25) is 9.59 Å². The Bertz CT molecular complexity index is 968. The molecule has 0 saturated carbocycles. The molecule has 0 radical (unpaired) electrons. The molecule has 3 aromatic rings. The van der Waals surface area contributed by atoms with Crippen LogP contribution in [0.4, 0.5) is 5.69 Å². The fourth-order valence-electron chi connectivity index (χ4n) is 2.85. The second-order valence-corrected chi connectivity index (χ2v) is 7.44. The van der Waals surface area contributed by atoms with Crippen molar-refractivity contribution in [1.29, 1.82) is 0 Å². The second-order valence-electron chi connectivity index (χ2n) is 6.50. The van der Waals surface area contributed by atoms with E-state index in [1.54, 1.807) is 31.2 Å². The molecule has 1 aromatic heterocycles. The molecule has 0 atom stereocenters. The minimum Gasteiger partial charge on any atom is -0.326 e. The maximum Gasteiger partial charge on any atom is 0.224 e. The number of Topliss-reactive ketones (excluding diaryl/α,β-unsaturated/α-hetero) is 1. The standard InChI is InChI=1S/C22H24N4O2S/c1-3-21(28)23-18-12-10-17(11-13-18)19(27)15-29-22-25-24-20(26(22)4-2)14-16-8-6-5-7-9-16/h5-13H,3-4,14-15H2,1-2H3,(H,23,28). The van der Waals surface area contributed by atoms with E-state index in [9.17, 15) is 9.59 Å². The van der Waals surface area contributed by atoms with Crippen molar-refractivity contribution in [1.82, 2.24) is 14.8 Å². The van der Waals surface area contributed by atoms with Gasteiger partial charge in [0.25, 0.3) is 0 Å². The zero-order valence-electron chi connectivity index (χ0n) is 16.6. The van der Waals surface area contributed by atoms with Crippen molar-refractivity contribution in [3.05, 3.63) is 71.5 Å². The van der Waals surface area contributed by atoms with Crippen LogP contribution in [0.15, 0.2) is 59.8 Å². The smallest absolute Gasteiger partial charge is 0.224 e. The van der Waals surface area contributed by atoms with Crippen LogP contribution in [0.1, 0.15) is 42.0 Å². The summed E-state index contributed by atoms with van der Waals surface area (Å²) in [6.07, 6.45) is 1.13. The number of ketones is 1. The first-order valence-corrected chi connectivity index (χ1v) is 10.6. The number of carbonyl (C=O) groups excluding carboxylic acids is 2. The van der Waals surface area contributed by atoms with E-state index >= 15 is 0 Å². The van der Waals surface area contributed by atoms with Gasteiger partial charge in [-0.25, -0.2) is 0 Å². The molecule has 7 heteroatoms. The third kappa shape index (κ3) is 5.54. The number of rotatable bonds is 9. The van der Waals surface area contributed by atoms with Crippen molar-refractivity contribution in [3.63, 3.8) is 0 Å². The normalized spacial score (nSPS) is 10.7. The molecule has 2 aromatic carbocycles. The number of hydrogen-bond donors (Lipinski definition) is 1. The van der Waals surface area contributed by atoms with Gasteiger partial charge in [0.1, 0.15) is 5.82 Å². The molecular weight excluding hydrogens is 384 g/mol. The van der Waals surface area contributed by atoms with Crippen molar-refractivity contribution < 1.29 is 9.59 Å². The molecule has 0 unspecified atom stereocenters. The molecule has 0 aliphatic heterocycles. The van der Waals surface area contributed by atoms with E-state index in [0.29, 0.717) is 24.1 Å². The lowest BCUT2D eigenvalue weighted by Crippen LogP contribution is -2.10. The molecule has 3 rings (SSSR count). The molecule has 0 bridgehead atoms. The number of carbonyl (C=O) groups is 2. The molecule has 1 amide bonds. The summed E-state index contributed by atoms with van der Waals surface area (Å²) in [5.41, 5.74) is 2.48. The predicted octanol–water partition coefficient (Wildman–Crippen LogP) is 4.21.